The molecule has 7 aromatic heterocycles. The molecule has 1 aromatic carbocycles. The van der Waals surface area contributed by atoms with Crippen molar-refractivity contribution in [2.24, 2.45) is 0 Å². The van der Waals surface area contributed by atoms with Crippen molar-refractivity contribution in [1.29, 1.82) is 0 Å². The summed E-state index contributed by atoms with van der Waals surface area (Å²) in [5.41, 5.74) is 5.38. The van der Waals surface area contributed by atoms with Gasteiger partial charge in [0.15, 0.2) is 34.6 Å². The minimum atomic E-state index is -0.269. The molecule has 1 saturated heterocycles. The topological polar surface area (TPSA) is 198 Å². The van der Waals surface area contributed by atoms with Crippen LogP contribution in [0.2, 0.25) is 0 Å². The van der Waals surface area contributed by atoms with Crippen LogP contribution in [0.3, 0.4) is 0 Å². The van der Waals surface area contributed by atoms with Crippen LogP contribution < -0.4 is 16.0 Å². The van der Waals surface area contributed by atoms with E-state index < -0.39 is 0 Å². The number of H-pyrrole nitrogens is 1. The van der Waals surface area contributed by atoms with Gasteiger partial charge in [-0.2, -0.15) is 0 Å². The number of aryl methyl sites for hydroxylation is 1. The molecule has 0 spiro atoms. The van der Waals surface area contributed by atoms with E-state index in [0.717, 1.165) is 45.1 Å². The van der Waals surface area contributed by atoms with Gasteiger partial charge in [-0.1, -0.05) is 30.0 Å². The zero-order valence-electron chi connectivity index (χ0n) is 32.6. The number of hydrogen-bond acceptors (Lipinski definition) is 14. The normalized spacial score (nSPS) is 14.5. The fourth-order valence-corrected chi connectivity index (χ4v) is 8.66. The minimum Gasteiger partial charge on any atom is -0.367 e. The molecule has 1 fully saturated rings. The molecule has 296 valence electrons. The number of fused-ring (bicyclic) bond motifs is 3. The Balaban J connectivity index is 0.928. The van der Waals surface area contributed by atoms with Gasteiger partial charge in [0.1, 0.15) is 16.9 Å². The van der Waals surface area contributed by atoms with E-state index in [4.69, 9.17) is 29.9 Å². The van der Waals surface area contributed by atoms with E-state index >= 15 is 0 Å². The summed E-state index contributed by atoms with van der Waals surface area (Å²) in [5.74, 6) is 3.95. The van der Waals surface area contributed by atoms with Crippen molar-refractivity contribution in [3.8, 4) is 22.8 Å². The third-order valence-corrected chi connectivity index (χ3v) is 11.8. The average Bonchev–Trinajstić information content (AvgIpc) is 4.07. The standard InChI is InChI=1S/C39H42N16OS2/c1-21(2)54-19-45-31-35(41-13-15-57-38-46-23(5)51-52-38)47-32(49-36(31)54)24-10-11-27(42-16-24)28-17-43-39(56)53(28)14-12-40-34-30-37(55(20-44-30)22(3)4)50-33(48-34)26-18-58-29-9-7-6-8-25(26)29/h6-11,16,18-22,28H,12-15,17H2,1-5H3,(H,43,56)(H,40,48,50)(H,41,47,49)(H,46,51,52). The van der Waals surface area contributed by atoms with Crippen LogP contribution in [-0.2, 0) is 0 Å². The minimum absolute atomic E-state index is 0.150. The van der Waals surface area contributed by atoms with Gasteiger partial charge >= 0.3 is 6.03 Å². The number of thiophene rings is 1. The van der Waals surface area contributed by atoms with Gasteiger partial charge in [0.25, 0.3) is 0 Å². The summed E-state index contributed by atoms with van der Waals surface area (Å²) in [5, 5.41) is 21.0. The third kappa shape index (κ3) is 7.15. The summed E-state index contributed by atoms with van der Waals surface area (Å²) in [7, 11) is 0. The lowest BCUT2D eigenvalue weighted by atomic mass is 10.1. The zero-order chi connectivity index (χ0) is 39.9. The number of carbonyl (C=O) groups excluding carboxylic acids is 1. The molecule has 2 amide bonds. The van der Waals surface area contributed by atoms with Crippen LogP contribution in [0.4, 0.5) is 16.4 Å². The number of nitrogens with zero attached hydrogens (tertiary/aromatic N) is 12. The highest BCUT2D eigenvalue weighted by molar-refractivity contribution is 7.99. The van der Waals surface area contributed by atoms with Gasteiger partial charge in [0, 0.05) is 76.8 Å². The molecule has 17 nitrogen and oxygen atoms in total. The first-order valence-electron chi connectivity index (χ1n) is 19.2. The Hall–Kier alpha value is -6.21. The fraction of sp³-hybridized carbons (Fsp3) is 0.333. The van der Waals surface area contributed by atoms with E-state index in [-0.39, 0.29) is 24.2 Å². The first kappa shape index (κ1) is 37.4. The summed E-state index contributed by atoms with van der Waals surface area (Å²) in [4.78, 5) is 53.4. The van der Waals surface area contributed by atoms with Crippen LogP contribution in [0, 0.1) is 6.92 Å². The number of carbonyl (C=O) groups is 1. The number of nitrogens with one attached hydrogen (secondary N) is 4. The van der Waals surface area contributed by atoms with E-state index in [1.807, 2.05) is 42.1 Å². The average molecular weight is 815 g/mol. The second-order valence-corrected chi connectivity index (χ2v) is 16.5. The maximum atomic E-state index is 13.2. The SMILES string of the molecule is Cc1nc(SCCNc2nc(-c3ccc(C4CNC(=O)N4CCNc4nc(-c5csc6ccccc56)nc5c4ncn5C(C)C)nc3)nc3c2ncn3C(C)C)n[nH]1. The molecule has 4 N–H and O–H groups in total. The third-order valence-electron chi connectivity index (χ3n) is 9.99. The van der Waals surface area contributed by atoms with Crippen molar-refractivity contribution in [2.45, 2.75) is 57.9 Å². The number of aromatic amines is 1. The molecule has 8 aromatic rings. The van der Waals surface area contributed by atoms with E-state index in [2.05, 4.69) is 85.9 Å². The number of urea groups is 1. The van der Waals surface area contributed by atoms with Crippen LogP contribution in [0.15, 0.2) is 65.8 Å². The first-order valence-corrected chi connectivity index (χ1v) is 21.0. The Morgan fingerprint density at radius 1 is 0.862 bits per heavy atom. The molecule has 1 atom stereocenters. The Morgan fingerprint density at radius 2 is 1.57 bits per heavy atom. The monoisotopic (exact) mass is 814 g/mol. The summed E-state index contributed by atoms with van der Waals surface area (Å²) in [6, 6.07) is 12.1. The smallest absolute Gasteiger partial charge is 0.318 e. The number of rotatable bonds is 14. The summed E-state index contributed by atoms with van der Waals surface area (Å²) < 4.78 is 5.27. The van der Waals surface area contributed by atoms with Gasteiger partial charge in [-0.15, -0.1) is 16.4 Å². The Kier molecular flexibility index (Phi) is 10.1. The molecule has 1 aliphatic rings. The Bertz CT molecular complexity index is 2750. The number of imidazole rings is 2. The van der Waals surface area contributed by atoms with Crippen LogP contribution in [0.25, 0.3) is 55.2 Å². The van der Waals surface area contributed by atoms with Crippen molar-refractivity contribution in [3.05, 3.63) is 72.1 Å². The highest BCUT2D eigenvalue weighted by Gasteiger charge is 2.32. The molecule has 9 rings (SSSR count). The maximum Gasteiger partial charge on any atom is 0.318 e. The molecule has 0 radical (unpaired) electrons. The van der Waals surface area contributed by atoms with Crippen molar-refractivity contribution >= 4 is 73.2 Å². The predicted molar refractivity (Wildman–Crippen MR) is 227 cm³/mol. The molecule has 0 saturated carbocycles. The van der Waals surface area contributed by atoms with Gasteiger partial charge in [0.05, 0.1) is 24.4 Å². The number of benzene rings is 1. The molecular formula is C39H42N16OS2. The molecule has 1 aliphatic heterocycles. The number of thioether (sulfide) groups is 1. The van der Waals surface area contributed by atoms with Gasteiger partial charge in [-0.25, -0.2) is 39.7 Å². The van der Waals surface area contributed by atoms with Crippen molar-refractivity contribution in [3.63, 3.8) is 0 Å². The molecule has 0 aliphatic carbocycles. The summed E-state index contributed by atoms with van der Waals surface area (Å²) >= 11 is 3.23. The fourth-order valence-electron chi connectivity index (χ4n) is 7.02. The molecular weight excluding hydrogens is 773 g/mol. The van der Waals surface area contributed by atoms with Crippen molar-refractivity contribution in [2.75, 3.05) is 42.6 Å². The Morgan fingerprint density at radius 3 is 2.26 bits per heavy atom. The van der Waals surface area contributed by atoms with E-state index in [1.54, 1.807) is 40.5 Å². The highest BCUT2D eigenvalue weighted by Crippen LogP contribution is 2.35. The quantitative estimate of drug-likeness (QED) is 0.0655. The number of hydrogen-bond donors (Lipinski definition) is 4. The lowest BCUT2D eigenvalue weighted by molar-refractivity contribution is 0.205. The van der Waals surface area contributed by atoms with Gasteiger partial charge in [-0.3, -0.25) is 10.1 Å². The number of anilines is 2. The predicted octanol–water partition coefficient (Wildman–Crippen LogP) is 6.88. The summed E-state index contributed by atoms with van der Waals surface area (Å²) in [6.45, 7) is 12.2. The number of amides is 2. The van der Waals surface area contributed by atoms with E-state index in [0.29, 0.717) is 65.7 Å². The number of aromatic nitrogens is 12. The van der Waals surface area contributed by atoms with Crippen LogP contribution in [0.1, 0.15) is 57.3 Å². The lowest BCUT2D eigenvalue weighted by Crippen LogP contribution is -2.34. The first-order chi connectivity index (χ1) is 28.2. The largest absolute Gasteiger partial charge is 0.367 e. The second kappa shape index (κ2) is 15.6. The molecule has 0 bridgehead atoms. The molecule has 19 heteroatoms. The van der Waals surface area contributed by atoms with Crippen molar-refractivity contribution in [1.82, 2.24) is 69.4 Å². The zero-order valence-corrected chi connectivity index (χ0v) is 34.3. The molecule has 8 heterocycles. The van der Waals surface area contributed by atoms with E-state index in [9.17, 15) is 4.79 Å². The van der Waals surface area contributed by atoms with E-state index in [1.165, 1.54) is 4.70 Å². The highest BCUT2D eigenvalue weighted by atomic mass is 32.2. The maximum absolute atomic E-state index is 13.2. The Labute approximate surface area is 341 Å². The van der Waals surface area contributed by atoms with Crippen LogP contribution in [-0.4, -0.2) is 102 Å². The van der Waals surface area contributed by atoms with Crippen LogP contribution >= 0.6 is 23.1 Å². The molecule has 1 unspecified atom stereocenters. The second-order valence-electron chi connectivity index (χ2n) is 14.5. The lowest BCUT2D eigenvalue weighted by Gasteiger charge is -2.23. The van der Waals surface area contributed by atoms with Crippen LogP contribution in [0.5, 0.6) is 0 Å². The molecule has 58 heavy (non-hydrogen) atoms. The van der Waals surface area contributed by atoms with Gasteiger partial charge in [-0.05, 0) is 52.8 Å². The summed E-state index contributed by atoms with van der Waals surface area (Å²) in [6.07, 6.45) is 5.38. The van der Waals surface area contributed by atoms with Gasteiger partial charge < -0.3 is 30.0 Å². The number of pyridine rings is 1. The van der Waals surface area contributed by atoms with Gasteiger partial charge in [0.2, 0.25) is 5.16 Å². The van der Waals surface area contributed by atoms with Crippen molar-refractivity contribution < 1.29 is 4.79 Å².